The average molecular weight is 339 g/mol. The molecule has 1 aliphatic rings. The molecule has 126 valence electrons. The van der Waals surface area contributed by atoms with Crippen molar-refractivity contribution in [2.24, 2.45) is 5.41 Å². The predicted molar refractivity (Wildman–Crippen MR) is 81.6 cm³/mol. The van der Waals surface area contributed by atoms with E-state index in [1.54, 1.807) is 13.8 Å². The molecule has 0 bridgehead atoms. The summed E-state index contributed by atoms with van der Waals surface area (Å²) in [7, 11) is 0. The average Bonchev–Trinajstić information content (AvgIpc) is 2.45. The number of halogens is 4. The molecule has 1 aromatic carbocycles. The summed E-state index contributed by atoms with van der Waals surface area (Å²) in [6.07, 6.45) is 0. The Kier molecular flexibility index (Phi) is 6.67. The second-order valence-corrected chi connectivity index (χ2v) is 6.12. The molecule has 1 aliphatic heterocycles. The first-order valence-corrected chi connectivity index (χ1v) is 7.07. The van der Waals surface area contributed by atoms with Gasteiger partial charge in [-0.15, -0.1) is 12.4 Å². The summed E-state index contributed by atoms with van der Waals surface area (Å²) in [5.41, 5.74) is -0.586. The van der Waals surface area contributed by atoms with Gasteiger partial charge in [-0.25, -0.2) is 13.2 Å². The van der Waals surface area contributed by atoms with Gasteiger partial charge in [0.1, 0.15) is 5.82 Å². The largest absolute Gasteiger partial charge is 0.396 e. The van der Waals surface area contributed by atoms with Crippen LogP contribution in [0.4, 0.5) is 13.2 Å². The summed E-state index contributed by atoms with van der Waals surface area (Å²) < 4.78 is 40.9. The lowest BCUT2D eigenvalue weighted by Crippen LogP contribution is -2.49. The Morgan fingerprint density at radius 2 is 1.68 bits per heavy atom. The van der Waals surface area contributed by atoms with Crippen molar-refractivity contribution in [1.29, 1.82) is 0 Å². The van der Waals surface area contributed by atoms with Crippen LogP contribution in [0.15, 0.2) is 12.1 Å². The van der Waals surface area contributed by atoms with Crippen molar-refractivity contribution < 1.29 is 18.3 Å². The van der Waals surface area contributed by atoms with Crippen molar-refractivity contribution >= 4 is 12.4 Å². The fraction of sp³-hybridized carbons (Fsp3) is 0.600. The minimum absolute atomic E-state index is 0. The zero-order valence-electron chi connectivity index (χ0n) is 12.7. The summed E-state index contributed by atoms with van der Waals surface area (Å²) in [5.74, 6) is -3.05. The zero-order chi connectivity index (χ0) is 15.6. The van der Waals surface area contributed by atoms with E-state index in [1.165, 1.54) is 0 Å². The number of piperazine rings is 1. The van der Waals surface area contributed by atoms with Gasteiger partial charge in [0.25, 0.3) is 0 Å². The molecule has 1 fully saturated rings. The lowest BCUT2D eigenvalue weighted by atomic mass is 9.79. The van der Waals surface area contributed by atoms with E-state index < -0.39 is 28.9 Å². The monoisotopic (exact) mass is 338 g/mol. The van der Waals surface area contributed by atoms with E-state index in [0.717, 1.165) is 19.2 Å². The maximum atomic E-state index is 14.2. The molecule has 0 aromatic heterocycles. The minimum atomic E-state index is -1.20. The van der Waals surface area contributed by atoms with Crippen LogP contribution in [0, 0.1) is 22.9 Å². The van der Waals surface area contributed by atoms with E-state index in [0.29, 0.717) is 19.2 Å². The summed E-state index contributed by atoms with van der Waals surface area (Å²) in [6.45, 7) is 6.20. The van der Waals surface area contributed by atoms with Gasteiger partial charge in [-0.05, 0) is 6.07 Å². The molecule has 1 aromatic rings. The quantitative estimate of drug-likeness (QED) is 0.828. The van der Waals surface area contributed by atoms with Crippen LogP contribution in [-0.4, -0.2) is 42.8 Å². The Balaban J connectivity index is 0.00000242. The third-order valence-electron chi connectivity index (χ3n) is 4.00. The number of benzene rings is 1. The van der Waals surface area contributed by atoms with E-state index in [9.17, 15) is 18.3 Å². The van der Waals surface area contributed by atoms with Crippen LogP contribution in [-0.2, 0) is 0 Å². The van der Waals surface area contributed by atoms with Gasteiger partial charge in [0.15, 0.2) is 11.6 Å². The highest BCUT2D eigenvalue weighted by Crippen LogP contribution is 2.39. The van der Waals surface area contributed by atoms with Gasteiger partial charge < -0.3 is 10.4 Å². The van der Waals surface area contributed by atoms with Crippen LogP contribution in [0.5, 0.6) is 0 Å². The molecular weight excluding hydrogens is 317 g/mol. The lowest BCUT2D eigenvalue weighted by molar-refractivity contribution is 0.0284. The highest BCUT2D eigenvalue weighted by atomic mass is 35.5. The fourth-order valence-corrected chi connectivity index (χ4v) is 2.89. The molecule has 2 N–H and O–H groups in total. The van der Waals surface area contributed by atoms with Gasteiger partial charge in [-0.1, -0.05) is 13.8 Å². The second-order valence-electron chi connectivity index (χ2n) is 6.12. The first-order chi connectivity index (χ1) is 9.86. The standard InChI is InChI=1S/C15H21F3N2O.ClH/c1-15(2,9-21)14(20-5-3-19-4-6-20)10-7-12(17)13(18)8-11(10)16;/h7-8,14,19,21H,3-6,9H2,1-2H3;1H/t14-;/m0./s1. The van der Waals surface area contributed by atoms with Crippen molar-refractivity contribution in [3.05, 3.63) is 35.1 Å². The topological polar surface area (TPSA) is 35.5 Å². The van der Waals surface area contributed by atoms with Crippen molar-refractivity contribution in [1.82, 2.24) is 10.2 Å². The summed E-state index contributed by atoms with van der Waals surface area (Å²) in [4.78, 5) is 2.00. The number of hydrogen-bond donors (Lipinski definition) is 2. The normalized spacial score (nSPS) is 17.9. The number of aliphatic hydroxyl groups is 1. The molecule has 0 radical (unpaired) electrons. The number of nitrogens with zero attached hydrogens (tertiary/aromatic N) is 1. The van der Waals surface area contributed by atoms with Crippen molar-refractivity contribution in [3.8, 4) is 0 Å². The fourth-order valence-electron chi connectivity index (χ4n) is 2.89. The highest BCUT2D eigenvalue weighted by Gasteiger charge is 2.37. The zero-order valence-corrected chi connectivity index (χ0v) is 13.5. The highest BCUT2D eigenvalue weighted by molar-refractivity contribution is 5.85. The maximum Gasteiger partial charge on any atom is 0.161 e. The molecule has 2 rings (SSSR count). The van der Waals surface area contributed by atoms with Crippen LogP contribution >= 0.6 is 12.4 Å². The van der Waals surface area contributed by atoms with Gasteiger partial charge in [-0.3, -0.25) is 4.90 Å². The number of hydrogen-bond acceptors (Lipinski definition) is 3. The van der Waals surface area contributed by atoms with Crippen LogP contribution in [0.25, 0.3) is 0 Å². The summed E-state index contributed by atoms with van der Waals surface area (Å²) in [5, 5.41) is 12.8. The molecule has 3 nitrogen and oxygen atoms in total. The molecule has 1 saturated heterocycles. The Morgan fingerprint density at radius 1 is 1.14 bits per heavy atom. The molecule has 0 saturated carbocycles. The van der Waals surface area contributed by atoms with Gasteiger partial charge >= 0.3 is 0 Å². The third-order valence-corrected chi connectivity index (χ3v) is 4.00. The van der Waals surface area contributed by atoms with E-state index in [-0.39, 0.29) is 24.6 Å². The van der Waals surface area contributed by atoms with Gasteiger partial charge in [0, 0.05) is 55.9 Å². The molecule has 0 spiro atoms. The van der Waals surface area contributed by atoms with Crippen LogP contribution in [0.2, 0.25) is 0 Å². The second kappa shape index (κ2) is 7.64. The lowest BCUT2D eigenvalue weighted by Gasteiger charge is -2.43. The molecule has 0 amide bonds. The van der Waals surface area contributed by atoms with E-state index in [2.05, 4.69) is 5.32 Å². The van der Waals surface area contributed by atoms with E-state index in [1.807, 2.05) is 4.90 Å². The van der Waals surface area contributed by atoms with E-state index in [4.69, 9.17) is 0 Å². The SMILES string of the molecule is CC(C)(CO)[C@H](c1cc(F)c(F)cc1F)N1CCNCC1.Cl. The van der Waals surface area contributed by atoms with Crippen LogP contribution in [0.1, 0.15) is 25.5 Å². The van der Waals surface area contributed by atoms with Gasteiger partial charge in [0.2, 0.25) is 0 Å². The predicted octanol–water partition coefficient (Wildman–Crippen LogP) is 2.49. The smallest absolute Gasteiger partial charge is 0.161 e. The first-order valence-electron chi connectivity index (χ1n) is 7.07. The summed E-state index contributed by atoms with van der Waals surface area (Å²) >= 11 is 0. The van der Waals surface area contributed by atoms with Crippen molar-refractivity contribution in [3.63, 3.8) is 0 Å². The Labute approximate surface area is 134 Å². The first kappa shape index (κ1) is 19.2. The van der Waals surface area contributed by atoms with E-state index >= 15 is 0 Å². The molecule has 0 unspecified atom stereocenters. The Bertz CT molecular complexity index is 508. The molecule has 22 heavy (non-hydrogen) atoms. The maximum absolute atomic E-state index is 14.2. The Morgan fingerprint density at radius 3 is 2.23 bits per heavy atom. The minimum Gasteiger partial charge on any atom is -0.396 e. The molecular formula is C15H22ClF3N2O. The molecule has 1 heterocycles. The number of aliphatic hydroxyl groups excluding tert-OH is 1. The molecule has 7 heteroatoms. The third kappa shape index (κ3) is 3.93. The molecule has 0 aliphatic carbocycles. The van der Waals surface area contributed by atoms with Crippen LogP contribution in [0.3, 0.4) is 0 Å². The number of rotatable bonds is 4. The number of nitrogens with one attached hydrogen (secondary N) is 1. The van der Waals surface area contributed by atoms with Gasteiger partial charge in [0.05, 0.1) is 0 Å². The molecule has 1 atom stereocenters. The van der Waals surface area contributed by atoms with Crippen LogP contribution < -0.4 is 5.32 Å². The van der Waals surface area contributed by atoms with Gasteiger partial charge in [-0.2, -0.15) is 0 Å². The summed E-state index contributed by atoms with van der Waals surface area (Å²) in [6, 6.07) is 0.974. The van der Waals surface area contributed by atoms with Crippen molar-refractivity contribution in [2.75, 3.05) is 32.8 Å². The Hall–Kier alpha value is -0.820. The van der Waals surface area contributed by atoms with Crippen molar-refractivity contribution in [2.45, 2.75) is 19.9 Å².